The first kappa shape index (κ1) is 10.1. The van der Waals surface area contributed by atoms with Gasteiger partial charge in [-0.25, -0.2) is 0 Å². The van der Waals surface area contributed by atoms with Gasteiger partial charge in [0.2, 0.25) is 0 Å². The summed E-state index contributed by atoms with van der Waals surface area (Å²) in [5, 5.41) is -3.96. The molecule has 0 aliphatic rings. The van der Waals surface area contributed by atoms with Crippen LogP contribution in [-0.2, 0) is 0 Å². The second-order valence-corrected chi connectivity index (χ2v) is 8.22. The third-order valence-electron chi connectivity index (χ3n) is 0.976. The summed E-state index contributed by atoms with van der Waals surface area (Å²) in [6, 6.07) is 8.83. The van der Waals surface area contributed by atoms with E-state index in [1.54, 1.807) is 30.3 Å². The summed E-state index contributed by atoms with van der Waals surface area (Å²) in [6.07, 6.45) is 0. The Morgan fingerprint density at radius 3 is 2.08 bits per heavy atom. The van der Waals surface area contributed by atoms with Crippen LogP contribution in [0.4, 0.5) is 13.2 Å². The molecule has 0 fully saturated rings. The third-order valence-corrected chi connectivity index (χ3v) is 7.59. The normalized spacial score (nSPS) is 11.6. The van der Waals surface area contributed by atoms with Gasteiger partial charge in [-0.2, -0.15) is 0 Å². The van der Waals surface area contributed by atoms with Crippen molar-refractivity contribution in [2.24, 2.45) is 0 Å². The molecule has 12 heavy (non-hydrogen) atoms. The van der Waals surface area contributed by atoms with Gasteiger partial charge >= 0.3 is 79.3 Å². The molecule has 0 spiro atoms. The zero-order valence-electron chi connectivity index (χ0n) is 5.84. The molecule has 0 atom stereocenters. The SMILES string of the molecule is FC(F)(F)[Se][Se]c1ccccc1. The Morgan fingerprint density at radius 2 is 1.58 bits per heavy atom. The Labute approximate surface area is 79.4 Å². The van der Waals surface area contributed by atoms with Crippen molar-refractivity contribution >= 4 is 30.7 Å². The molecule has 1 aromatic carbocycles. The zero-order chi connectivity index (χ0) is 9.03. The molecule has 0 aliphatic carbocycles. The number of alkyl halides is 3. The van der Waals surface area contributed by atoms with Crippen molar-refractivity contribution in [3.63, 3.8) is 0 Å². The van der Waals surface area contributed by atoms with Crippen molar-refractivity contribution in [1.29, 1.82) is 0 Å². The van der Waals surface area contributed by atoms with Crippen LogP contribution in [0.3, 0.4) is 0 Å². The van der Waals surface area contributed by atoms with Gasteiger partial charge in [0.05, 0.1) is 0 Å². The van der Waals surface area contributed by atoms with Crippen molar-refractivity contribution in [1.82, 2.24) is 0 Å². The van der Waals surface area contributed by atoms with Gasteiger partial charge in [-0.15, -0.1) is 0 Å². The van der Waals surface area contributed by atoms with Crippen molar-refractivity contribution in [3.8, 4) is 0 Å². The number of hydrogen-bond acceptors (Lipinski definition) is 0. The molecule has 0 saturated carbocycles. The molecule has 66 valence electrons. The fourth-order valence-electron chi connectivity index (χ4n) is 0.571. The second-order valence-electron chi connectivity index (χ2n) is 1.93. The van der Waals surface area contributed by atoms with Crippen LogP contribution in [0.25, 0.3) is 0 Å². The average molecular weight is 304 g/mol. The van der Waals surface area contributed by atoms with Gasteiger partial charge in [0, 0.05) is 0 Å². The van der Waals surface area contributed by atoms with Crippen LogP contribution < -0.4 is 4.46 Å². The first-order valence-electron chi connectivity index (χ1n) is 3.05. The quantitative estimate of drug-likeness (QED) is 0.719. The Balaban J connectivity index is 2.44. The Morgan fingerprint density at radius 1 is 1.00 bits per heavy atom. The predicted molar refractivity (Wildman–Crippen MR) is 43.6 cm³/mol. The molecular weight excluding hydrogens is 299 g/mol. The summed E-state index contributed by atoms with van der Waals surface area (Å²) in [5.74, 6) is 0. The Kier molecular flexibility index (Phi) is 3.66. The van der Waals surface area contributed by atoms with Crippen molar-refractivity contribution in [2.45, 2.75) is 5.07 Å². The summed E-state index contributed by atoms with van der Waals surface area (Å²) >= 11 is -1.63. The van der Waals surface area contributed by atoms with E-state index in [-0.39, 0.29) is 0 Å². The van der Waals surface area contributed by atoms with Crippen LogP contribution in [0.5, 0.6) is 0 Å². The van der Waals surface area contributed by atoms with Crippen molar-refractivity contribution in [2.75, 3.05) is 0 Å². The molecule has 0 heterocycles. The van der Waals surface area contributed by atoms with E-state index < -0.39 is 31.3 Å². The summed E-state index contributed by atoms with van der Waals surface area (Å²) in [4.78, 5) is 0. The second kappa shape index (κ2) is 4.33. The Hall–Kier alpha value is 0.0490. The number of benzene rings is 1. The molecule has 5 heteroatoms. The fraction of sp³-hybridized carbons (Fsp3) is 0.143. The molecule has 0 radical (unpaired) electrons. The average Bonchev–Trinajstić information content (AvgIpc) is 2.02. The van der Waals surface area contributed by atoms with Crippen LogP contribution in [0.1, 0.15) is 0 Å². The minimum atomic E-state index is -3.96. The third kappa shape index (κ3) is 4.17. The van der Waals surface area contributed by atoms with Gasteiger partial charge in [-0.3, -0.25) is 0 Å². The van der Waals surface area contributed by atoms with Crippen LogP contribution in [0, 0.1) is 0 Å². The van der Waals surface area contributed by atoms with E-state index in [4.69, 9.17) is 0 Å². The van der Waals surface area contributed by atoms with E-state index in [1.165, 1.54) is 0 Å². The molecule has 0 amide bonds. The summed E-state index contributed by atoms with van der Waals surface area (Å²) < 4.78 is 36.2. The van der Waals surface area contributed by atoms with E-state index in [9.17, 15) is 13.2 Å². The molecule has 0 nitrogen and oxygen atoms in total. The maximum atomic E-state index is 11.8. The topological polar surface area (TPSA) is 0 Å². The molecule has 0 aliphatic heterocycles. The molecule has 0 unspecified atom stereocenters. The Bertz CT molecular complexity index is 232. The van der Waals surface area contributed by atoms with E-state index in [2.05, 4.69) is 0 Å². The molecule has 0 bridgehead atoms. The molecule has 0 aromatic heterocycles. The van der Waals surface area contributed by atoms with E-state index >= 15 is 0 Å². The first-order valence-corrected chi connectivity index (χ1v) is 9.10. The summed E-state index contributed by atoms with van der Waals surface area (Å²) in [5.41, 5.74) is 0. The van der Waals surface area contributed by atoms with E-state index in [0.717, 1.165) is 4.46 Å². The van der Waals surface area contributed by atoms with Crippen LogP contribution in [-0.4, -0.2) is 31.3 Å². The zero-order valence-corrected chi connectivity index (χ0v) is 9.26. The number of rotatable bonds is 2. The van der Waals surface area contributed by atoms with Gasteiger partial charge < -0.3 is 0 Å². The minimum absolute atomic E-state index is 0.410. The van der Waals surface area contributed by atoms with E-state index in [1.807, 2.05) is 0 Å². The summed E-state index contributed by atoms with van der Waals surface area (Å²) in [7, 11) is 0. The van der Waals surface area contributed by atoms with Crippen LogP contribution >= 0.6 is 0 Å². The van der Waals surface area contributed by atoms with Gasteiger partial charge in [0.1, 0.15) is 0 Å². The van der Waals surface area contributed by atoms with Gasteiger partial charge in [0.15, 0.2) is 0 Å². The van der Waals surface area contributed by atoms with Crippen molar-refractivity contribution in [3.05, 3.63) is 30.3 Å². The van der Waals surface area contributed by atoms with Crippen LogP contribution in [0.15, 0.2) is 30.3 Å². The van der Waals surface area contributed by atoms with E-state index in [0.29, 0.717) is 0 Å². The molecular formula is C7H5F3Se2. The number of halogens is 3. The molecule has 1 aromatic rings. The monoisotopic (exact) mass is 306 g/mol. The van der Waals surface area contributed by atoms with Crippen LogP contribution in [0.2, 0.25) is 0 Å². The summed E-state index contributed by atoms with van der Waals surface area (Å²) in [6.45, 7) is 0. The predicted octanol–water partition coefficient (Wildman–Crippen LogP) is 1.16. The first-order chi connectivity index (χ1) is 5.58. The fourth-order valence-corrected chi connectivity index (χ4v) is 4.82. The maximum absolute atomic E-state index is 11.8. The van der Waals surface area contributed by atoms with Crippen molar-refractivity contribution < 1.29 is 13.2 Å². The standard InChI is InChI=1S/C7H5F3Se2/c8-7(9,10)12-11-6-4-2-1-3-5-6/h1-5H. The number of hydrogen-bond donors (Lipinski definition) is 0. The van der Waals surface area contributed by atoms with Gasteiger partial charge in [-0.05, 0) is 0 Å². The molecule has 1 rings (SSSR count). The van der Waals surface area contributed by atoms with Gasteiger partial charge in [0.25, 0.3) is 0 Å². The van der Waals surface area contributed by atoms with Gasteiger partial charge in [-0.1, -0.05) is 0 Å². The molecule has 0 N–H and O–H groups in total. The molecule has 0 saturated heterocycles.